The number of amides is 2. The van der Waals surface area contributed by atoms with Crippen molar-refractivity contribution in [2.24, 2.45) is 0 Å². The molecular weight excluding hydrogens is 224 g/mol. The van der Waals surface area contributed by atoms with Crippen LogP contribution in [0.2, 0.25) is 0 Å². The van der Waals surface area contributed by atoms with Crippen LogP contribution in [0.3, 0.4) is 0 Å². The fraction of sp³-hybridized carbons (Fsp3) is 0.533. The zero-order valence-electron chi connectivity index (χ0n) is 11.4. The summed E-state index contributed by atoms with van der Waals surface area (Å²) in [5, 5.41) is 0. The summed E-state index contributed by atoms with van der Waals surface area (Å²) in [6, 6.07) is 8.41. The van der Waals surface area contributed by atoms with Crippen molar-refractivity contribution in [1.82, 2.24) is 9.80 Å². The van der Waals surface area contributed by atoms with Gasteiger partial charge in [-0.1, -0.05) is 24.3 Å². The zero-order chi connectivity index (χ0) is 13.0. The molecule has 1 saturated heterocycles. The molecule has 3 heteroatoms. The topological polar surface area (TPSA) is 23.6 Å². The highest BCUT2D eigenvalue weighted by atomic mass is 16.2. The van der Waals surface area contributed by atoms with Gasteiger partial charge in [0.15, 0.2) is 0 Å². The van der Waals surface area contributed by atoms with Crippen molar-refractivity contribution in [2.75, 3.05) is 20.1 Å². The molecule has 1 heterocycles. The summed E-state index contributed by atoms with van der Waals surface area (Å²) in [5.41, 5.74) is 2.47. The number of likely N-dealkylation sites (tertiary alicyclic amines) is 1. The first kappa shape index (κ1) is 12.9. The number of benzene rings is 1. The lowest BCUT2D eigenvalue weighted by Gasteiger charge is -2.31. The van der Waals surface area contributed by atoms with Gasteiger partial charge in [-0.05, 0) is 37.3 Å². The molecule has 98 valence electrons. The van der Waals surface area contributed by atoms with Crippen LogP contribution >= 0.6 is 0 Å². The van der Waals surface area contributed by atoms with Crippen molar-refractivity contribution in [2.45, 2.75) is 32.7 Å². The Labute approximate surface area is 109 Å². The van der Waals surface area contributed by atoms with Crippen LogP contribution < -0.4 is 0 Å². The summed E-state index contributed by atoms with van der Waals surface area (Å²) in [7, 11) is 1.89. The number of carbonyl (C=O) groups is 1. The molecular formula is C15H22N2O. The fourth-order valence-corrected chi connectivity index (χ4v) is 2.44. The quantitative estimate of drug-likeness (QED) is 0.786. The second-order valence-corrected chi connectivity index (χ2v) is 5.11. The first-order chi connectivity index (χ1) is 8.68. The van der Waals surface area contributed by atoms with Crippen LogP contribution in [-0.2, 0) is 6.54 Å². The Morgan fingerprint density at radius 2 is 1.89 bits per heavy atom. The van der Waals surface area contributed by atoms with Gasteiger partial charge < -0.3 is 9.80 Å². The second kappa shape index (κ2) is 5.89. The summed E-state index contributed by atoms with van der Waals surface area (Å²) < 4.78 is 0. The molecule has 1 aliphatic heterocycles. The lowest BCUT2D eigenvalue weighted by atomic mass is 10.1. The highest BCUT2D eigenvalue weighted by Crippen LogP contribution is 2.14. The maximum Gasteiger partial charge on any atom is 0.320 e. The van der Waals surface area contributed by atoms with Crippen LogP contribution in [0.1, 0.15) is 30.4 Å². The van der Waals surface area contributed by atoms with Gasteiger partial charge in [-0.25, -0.2) is 4.79 Å². The minimum absolute atomic E-state index is 0.165. The first-order valence-electron chi connectivity index (χ1n) is 6.73. The molecule has 0 saturated carbocycles. The SMILES string of the molecule is Cc1ccccc1CN(C)C(=O)N1CCCCC1. The van der Waals surface area contributed by atoms with E-state index >= 15 is 0 Å². The standard InChI is InChI=1S/C15H22N2O/c1-13-8-4-5-9-14(13)12-16(2)15(18)17-10-6-3-7-11-17/h4-5,8-9H,3,6-7,10-12H2,1-2H3. The van der Waals surface area contributed by atoms with E-state index in [1.54, 1.807) is 0 Å². The Bertz CT molecular complexity index is 411. The van der Waals surface area contributed by atoms with Gasteiger partial charge in [0.1, 0.15) is 0 Å². The van der Waals surface area contributed by atoms with E-state index in [0.29, 0.717) is 6.54 Å². The van der Waals surface area contributed by atoms with E-state index in [4.69, 9.17) is 0 Å². The van der Waals surface area contributed by atoms with Crippen molar-refractivity contribution in [1.29, 1.82) is 0 Å². The van der Waals surface area contributed by atoms with Crippen LogP contribution in [0.25, 0.3) is 0 Å². The van der Waals surface area contributed by atoms with Crippen molar-refractivity contribution in [3.05, 3.63) is 35.4 Å². The summed E-state index contributed by atoms with van der Waals surface area (Å²) in [4.78, 5) is 16.1. The third kappa shape index (κ3) is 3.03. The molecule has 1 aromatic carbocycles. The number of hydrogen-bond acceptors (Lipinski definition) is 1. The minimum Gasteiger partial charge on any atom is -0.325 e. The first-order valence-corrected chi connectivity index (χ1v) is 6.73. The molecule has 0 bridgehead atoms. The van der Waals surface area contributed by atoms with Gasteiger partial charge in [0, 0.05) is 26.7 Å². The van der Waals surface area contributed by atoms with Crippen LogP contribution in [0.15, 0.2) is 24.3 Å². The summed E-state index contributed by atoms with van der Waals surface area (Å²) in [5.74, 6) is 0. The Morgan fingerprint density at radius 1 is 1.22 bits per heavy atom. The summed E-state index contributed by atoms with van der Waals surface area (Å²) >= 11 is 0. The lowest BCUT2D eigenvalue weighted by molar-refractivity contribution is 0.151. The van der Waals surface area contributed by atoms with E-state index in [0.717, 1.165) is 25.9 Å². The van der Waals surface area contributed by atoms with Gasteiger partial charge >= 0.3 is 6.03 Å². The number of carbonyl (C=O) groups excluding carboxylic acids is 1. The molecule has 0 spiro atoms. The average molecular weight is 246 g/mol. The van der Waals surface area contributed by atoms with Crippen LogP contribution in [0.4, 0.5) is 4.79 Å². The van der Waals surface area contributed by atoms with Gasteiger partial charge in [0.05, 0.1) is 0 Å². The van der Waals surface area contributed by atoms with Crippen molar-refractivity contribution in [3.63, 3.8) is 0 Å². The summed E-state index contributed by atoms with van der Waals surface area (Å²) in [6.45, 7) is 4.62. The maximum absolute atomic E-state index is 12.3. The Hall–Kier alpha value is -1.51. The van der Waals surface area contributed by atoms with Gasteiger partial charge in [0.25, 0.3) is 0 Å². The van der Waals surface area contributed by atoms with Crippen molar-refractivity contribution in [3.8, 4) is 0 Å². The maximum atomic E-state index is 12.3. The number of rotatable bonds is 2. The Kier molecular flexibility index (Phi) is 4.24. The molecule has 3 nitrogen and oxygen atoms in total. The normalized spacial score (nSPS) is 15.6. The van der Waals surface area contributed by atoms with Gasteiger partial charge in [-0.2, -0.15) is 0 Å². The summed E-state index contributed by atoms with van der Waals surface area (Å²) in [6.07, 6.45) is 3.54. The molecule has 1 aromatic rings. The molecule has 0 unspecified atom stereocenters. The monoisotopic (exact) mass is 246 g/mol. The zero-order valence-corrected chi connectivity index (χ0v) is 11.4. The molecule has 1 aliphatic rings. The molecule has 1 fully saturated rings. The molecule has 0 N–H and O–H groups in total. The molecule has 2 rings (SSSR count). The Balaban J connectivity index is 1.96. The third-order valence-corrected chi connectivity index (χ3v) is 3.62. The number of hydrogen-bond donors (Lipinski definition) is 0. The molecule has 2 amide bonds. The lowest BCUT2D eigenvalue weighted by Crippen LogP contribution is -2.43. The minimum atomic E-state index is 0.165. The van der Waals surface area contributed by atoms with Crippen LogP contribution in [-0.4, -0.2) is 36.0 Å². The highest BCUT2D eigenvalue weighted by Gasteiger charge is 2.20. The average Bonchev–Trinajstić information content (AvgIpc) is 2.41. The molecule has 0 aromatic heterocycles. The van der Waals surface area contributed by atoms with Gasteiger partial charge in [0.2, 0.25) is 0 Å². The predicted molar refractivity (Wildman–Crippen MR) is 73.5 cm³/mol. The van der Waals surface area contributed by atoms with E-state index in [1.807, 2.05) is 29.0 Å². The largest absolute Gasteiger partial charge is 0.325 e. The van der Waals surface area contributed by atoms with E-state index in [2.05, 4.69) is 19.1 Å². The predicted octanol–water partition coefficient (Wildman–Crippen LogP) is 3.03. The Morgan fingerprint density at radius 3 is 2.56 bits per heavy atom. The second-order valence-electron chi connectivity index (χ2n) is 5.11. The number of aryl methyl sites for hydroxylation is 1. The number of nitrogens with zero attached hydrogens (tertiary/aromatic N) is 2. The smallest absolute Gasteiger partial charge is 0.320 e. The van der Waals surface area contributed by atoms with Gasteiger partial charge in [-0.15, -0.1) is 0 Å². The highest BCUT2D eigenvalue weighted by molar-refractivity contribution is 5.74. The van der Waals surface area contributed by atoms with E-state index in [1.165, 1.54) is 17.5 Å². The molecule has 0 atom stereocenters. The molecule has 18 heavy (non-hydrogen) atoms. The number of piperidine rings is 1. The van der Waals surface area contributed by atoms with E-state index in [9.17, 15) is 4.79 Å². The van der Waals surface area contributed by atoms with E-state index in [-0.39, 0.29) is 6.03 Å². The molecule has 0 aliphatic carbocycles. The van der Waals surface area contributed by atoms with Crippen LogP contribution in [0, 0.1) is 6.92 Å². The van der Waals surface area contributed by atoms with Gasteiger partial charge in [-0.3, -0.25) is 0 Å². The fourth-order valence-electron chi connectivity index (χ4n) is 2.44. The van der Waals surface area contributed by atoms with E-state index < -0.39 is 0 Å². The van der Waals surface area contributed by atoms with Crippen molar-refractivity contribution < 1.29 is 4.79 Å². The third-order valence-electron chi connectivity index (χ3n) is 3.62. The number of urea groups is 1. The van der Waals surface area contributed by atoms with Crippen molar-refractivity contribution >= 4 is 6.03 Å². The molecule has 0 radical (unpaired) electrons. The van der Waals surface area contributed by atoms with Crippen LogP contribution in [0.5, 0.6) is 0 Å².